The van der Waals surface area contributed by atoms with Crippen LogP contribution in [0.1, 0.15) is 60.3 Å². The number of benzene rings is 1. The molecule has 0 aliphatic carbocycles. The van der Waals surface area contributed by atoms with Crippen LogP contribution in [-0.2, 0) is 23.8 Å². The van der Waals surface area contributed by atoms with Gasteiger partial charge in [-0.1, -0.05) is 18.4 Å². The number of thiophene rings is 1. The third-order valence-electron chi connectivity index (χ3n) is 5.66. The third-order valence-corrected chi connectivity index (χ3v) is 10.1. The maximum atomic E-state index is 14.0. The van der Waals surface area contributed by atoms with Gasteiger partial charge in [-0.3, -0.25) is 0 Å². The number of carbonyl (C=O) groups excluding carboxylic acids is 1. The minimum atomic E-state index is -4.61. The summed E-state index contributed by atoms with van der Waals surface area (Å²) >= 11 is 12.5. The highest BCUT2D eigenvalue weighted by molar-refractivity contribution is 7.91. The zero-order valence-electron chi connectivity index (χ0n) is 23.7. The Morgan fingerprint density at radius 2 is 1.59 bits per heavy atom. The fraction of sp³-hybridized carbons (Fsp3) is 0.577. The van der Waals surface area contributed by atoms with Crippen molar-refractivity contribution >= 4 is 58.9 Å². The second-order valence-electron chi connectivity index (χ2n) is 9.79. The van der Waals surface area contributed by atoms with Crippen molar-refractivity contribution in [2.24, 2.45) is 0 Å². The second kappa shape index (κ2) is 15.7. The molecular weight excluding hydrogens is 636 g/mol. The molecular formula is C26H37Cl2NO9PS2+. The summed E-state index contributed by atoms with van der Waals surface area (Å²) in [4.78, 5) is 23.5. The van der Waals surface area contributed by atoms with E-state index >= 15 is 0 Å². The Labute approximate surface area is 256 Å². The fourth-order valence-corrected chi connectivity index (χ4v) is 7.65. The molecule has 10 nitrogen and oxygen atoms in total. The van der Waals surface area contributed by atoms with Crippen LogP contribution in [0.4, 0.5) is 4.79 Å². The molecule has 0 aliphatic rings. The largest absolute Gasteiger partial charge is 0.697 e. The second-order valence-corrected chi connectivity index (χ2v) is 14.3. The summed E-state index contributed by atoms with van der Waals surface area (Å²) in [6, 6.07) is 8.19. The molecule has 0 fully saturated rings. The monoisotopic (exact) mass is 672 g/mol. The predicted octanol–water partition coefficient (Wildman–Crippen LogP) is 7.54. The van der Waals surface area contributed by atoms with E-state index in [9.17, 15) is 22.7 Å². The summed E-state index contributed by atoms with van der Waals surface area (Å²) < 4.78 is 62.3. The zero-order chi connectivity index (χ0) is 30.8. The minimum Gasteiger partial charge on any atom is -0.490 e. The number of ether oxygens (including phenoxy) is 3. The van der Waals surface area contributed by atoms with Crippen LogP contribution in [0.25, 0.3) is 10.4 Å². The van der Waals surface area contributed by atoms with E-state index in [1.165, 1.54) is 6.07 Å². The highest BCUT2D eigenvalue weighted by Gasteiger charge is 2.53. The number of hydrogen-bond donors (Lipinski definition) is 1. The van der Waals surface area contributed by atoms with Gasteiger partial charge in [-0.25, -0.2) is 4.79 Å². The number of sulfonamides is 1. The number of nitrogens with zero attached hydrogens (tertiary/aromatic N) is 1. The van der Waals surface area contributed by atoms with Crippen molar-refractivity contribution < 1.29 is 41.4 Å². The van der Waals surface area contributed by atoms with E-state index in [1.807, 2.05) is 0 Å². The standard InChI is InChI=1S/C26H36Cl2NO9PS2/c1-6-26(7-2,38-39(31)32)29(24(30)37-25(3,4)5)41(33,34)23-13-12-22(40-23)19-10-11-20(35-16-8-14-27)21(18-19)36-17-9-15-28/h10-13,18H,6-9,14-17H2,1-5H3/p+1. The molecule has 1 aromatic heterocycles. The summed E-state index contributed by atoms with van der Waals surface area (Å²) in [6.45, 7) is 8.62. The van der Waals surface area contributed by atoms with Crippen molar-refractivity contribution in [3.63, 3.8) is 0 Å². The first-order chi connectivity index (χ1) is 19.2. The molecule has 230 valence electrons. The lowest BCUT2D eigenvalue weighted by Crippen LogP contribution is -2.55. The van der Waals surface area contributed by atoms with E-state index in [-0.39, 0.29) is 17.1 Å². The van der Waals surface area contributed by atoms with Gasteiger partial charge in [-0.2, -0.15) is 12.7 Å². The molecule has 2 aromatic rings. The van der Waals surface area contributed by atoms with E-state index in [0.29, 0.717) is 64.1 Å². The van der Waals surface area contributed by atoms with Crippen molar-refractivity contribution in [1.29, 1.82) is 0 Å². The third kappa shape index (κ3) is 9.68. The lowest BCUT2D eigenvalue weighted by molar-refractivity contribution is -0.0544. The lowest BCUT2D eigenvalue weighted by Gasteiger charge is -2.37. The Morgan fingerprint density at radius 3 is 2.10 bits per heavy atom. The summed E-state index contributed by atoms with van der Waals surface area (Å²) in [5.74, 6) is 1.85. The van der Waals surface area contributed by atoms with Crippen LogP contribution in [-0.4, -0.2) is 60.0 Å². The molecule has 41 heavy (non-hydrogen) atoms. The van der Waals surface area contributed by atoms with Crippen LogP contribution >= 0.6 is 42.8 Å². The number of hydrogen-bond acceptors (Lipinski definition) is 9. The summed E-state index contributed by atoms with van der Waals surface area (Å²) in [7, 11) is -7.87. The van der Waals surface area contributed by atoms with Crippen LogP contribution in [0, 0.1) is 0 Å². The predicted molar refractivity (Wildman–Crippen MR) is 161 cm³/mol. The summed E-state index contributed by atoms with van der Waals surface area (Å²) in [5.41, 5.74) is -2.36. The average molecular weight is 674 g/mol. The molecule has 2 rings (SSSR count). The average Bonchev–Trinajstić information content (AvgIpc) is 3.39. The van der Waals surface area contributed by atoms with E-state index in [4.69, 9.17) is 41.9 Å². The Balaban J connectivity index is 2.57. The van der Waals surface area contributed by atoms with E-state index in [0.717, 1.165) is 11.3 Å². The maximum Gasteiger partial charge on any atom is 0.697 e. The van der Waals surface area contributed by atoms with Gasteiger partial charge in [0.15, 0.2) is 11.5 Å². The van der Waals surface area contributed by atoms with E-state index < -0.39 is 35.7 Å². The molecule has 1 amide bonds. The molecule has 0 radical (unpaired) electrons. The lowest BCUT2D eigenvalue weighted by atomic mass is 10.1. The van der Waals surface area contributed by atoms with E-state index in [1.54, 1.807) is 58.9 Å². The topological polar surface area (TPSA) is 129 Å². The van der Waals surface area contributed by atoms with Gasteiger partial charge in [0, 0.05) is 21.2 Å². The van der Waals surface area contributed by atoms with Crippen LogP contribution in [0.3, 0.4) is 0 Å². The van der Waals surface area contributed by atoms with E-state index in [2.05, 4.69) is 0 Å². The first-order valence-corrected chi connectivity index (χ1v) is 17.5. The van der Waals surface area contributed by atoms with Crippen molar-refractivity contribution in [2.75, 3.05) is 25.0 Å². The number of amides is 1. The molecule has 0 bridgehead atoms. The maximum absolute atomic E-state index is 14.0. The van der Waals surface area contributed by atoms with Crippen LogP contribution in [0.2, 0.25) is 0 Å². The molecule has 1 atom stereocenters. The zero-order valence-corrected chi connectivity index (χ0v) is 27.8. The van der Waals surface area contributed by atoms with Crippen molar-refractivity contribution in [2.45, 2.75) is 75.8 Å². The highest BCUT2D eigenvalue weighted by atomic mass is 35.5. The molecule has 0 spiro atoms. The Morgan fingerprint density at radius 1 is 1.00 bits per heavy atom. The van der Waals surface area contributed by atoms with Crippen LogP contribution < -0.4 is 9.47 Å². The quantitative estimate of drug-likeness (QED) is 0.0832. The first-order valence-electron chi connectivity index (χ1n) is 13.0. The Bertz CT molecular complexity index is 1280. The molecule has 0 saturated carbocycles. The van der Waals surface area contributed by atoms with Gasteiger partial charge in [0.05, 0.1) is 13.2 Å². The van der Waals surface area contributed by atoms with Gasteiger partial charge in [-0.15, -0.1) is 39.4 Å². The van der Waals surface area contributed by atoms with Gasteiger partial charge >= 0.3 is 14.3 Å². The number of rotatable bonds is 16. The summed E-state index contributed by atoms with van der Waals surface area (Å²) in [6.07, 6.45) is -0.157. The van der Waals surface area contributed by atoms with Crippen LogP contribution in [0.5, 0.6) is 11.5 Å². The number of alkyl halides is 2. The van der Waals surface area contributed by atoms with Crippen molar-refractivity contribution in [3.8, 4) is 21.9 Å². The Kier molecular flexibility index (Phi) is 13.6. The normalized spacial score (nSPS) is 12.6. The molecule has 15 heteroatoms. The van der Waals surface area contributed by atoms with Gasteiger partial charge in [-0.05, 0) is 82.3 Å². The molecule has 0 saturated heterocycles. The molecule has 1 unspecified atom stereocenters. The highest BCUT2D eigenvalue weighted by Crippen LogP contribution is 2.42. The molecule has 1 N–H and O–H groups in total. The van der Waals surface area contributed by atoms with Gasteiger partial charge in [0.25, 0.3) is 10.0 Å². The van der Waals surface area contributed by atoms with Gasteiger partial charge < -0.3 is 14.2 Å². The smallest absolute Gasteiger partial charge is 0.490 e. The molecule has 1 aromatic carbocycles. The fourth-order valence-electron chi connectivity index (χ4n) is 3.71. The van der Waals surface area contributed by atoms with Gasteiger partial charge in [0.2, 0.25) is 5.72 Å². The molecule has 1 heterocycles. The SMILES string of the molecule is CCC(CC)(O[P+](=O)O)N(C(=O)OC(C)(C)C)S(=O)(=O)c1ccc(-c2ccc(OCCCCl)c(OCCCCl)c2)s1. The van der Waals surface area contributed by atoms with Crippen molar-refractivity contribution in [3.05, 3.63) is 30.3 Å². The van der Waals surface area contributed by atoms with Crippen molar-refractivity contribution in [1.82, 2.24) is 4.31 Å². The van der Waals surface area contributed by atoms with Crippen LogP contribution in [0.15, 0.2) is 34.5 Å². The Hall–Kier alpha value is -1.66. The molecule has 0 aliphatic heterocycles. The number of halogens is 2. The minimum absolute atomic E-state index is 0.101. The first kappa shape index (κ1) is 35.5. The number of carbonyl (C=O) groups is 1. The summed E-state index contributed by atoms with van der Waals surface area (Å²) in [5, 5.41) is 0. The van der Waals surface area contributed by atoms with Gasteiger partial charge in [0.1, 0.15) is 9.81 Å².